The minimum Gasteiger partial charge on any atom is -0.479 e. The second-order valence-corrected chi connectivity index (χ2v) is 12.8. The molecule has 10 nitrogen and oxygen atoms in total. The normalized spacial score (nSPS) is 18.5. The number of halogens is 2. The van der Waals surface area contributed by atoms with Gasteiger partial charge in [0.15, 0.2) is 12.9 Å². The third-order valence-corrected chi connectivity index (χ3v) is 9.18. The van der Waals surface area contributed by atoms with Crippen molar-refractivity contribution in [1.29, 1.82) is 0 Å². The van der Waals surface area contributed by atoms with E-state index < -0.39 is 28.7 Å². The van der Waals surface area contributed by atoms with Gasteiger partial charge in [-0.3, -0.25) is 9.59 Å². The van der Waals surface area contributed by atoms with Crippen molar-refractivity contribution in [2.45, 2.75) is 38.0 Å². The first-order valence-electron chi connectivity index (χ1n) is 14.2. The van der Waals surface area contributed by atoms with Crippen LogP contribution in [0.15, 0.2) is 79.1 Å². The maximum Gasteiger partial charge on any atom is 0.322 e. The Morgan fingerprint density at radius 2 is 2.02 bits per heavy atom. The van der Waals surface area contributed by atoms with E-state index in [1.54, 1.807) is 65.5 Å². The summed E-state index contributed by atoms with van der Waals surface area (Å²) in [6.07, 6.45) is 1.31. The van der Waals surface area contributed by atoms with Gasteiger partial charge in [0.05, 0.1) is 46.5 Å². The van der Waals surface area contributed by atoms with E-state index >= 15 is 0 Å². The van der Waals surface area contributed by atoms with Crippen LogP contribution in [0, 0.1) is 0 Å². The number of aromatic nitrogens is 2. The van der Waals surface area contributed by atoms with Gasteiger partial charge < -0.3 is 24.8 Å². The quantitative estimate of drug-likeness (QED) is 0.205. The highest BCUT2D eigenvalue weighted by Crippen LogP contribution is 2.34. The SMILES string of the molecule is C=C(NC(=O)C(C)(F)F)[C@H](Oc1ccc2c(cnn2-c2cccc(C(=O)N[C@H]3CC[SH+](=O)C3)c2)c1)c1ccc2c(c1)OCOC2. The minimum atomic E-state index is -3.62. The zero-order valence-electron chi connectivity index (χ0n) is 24.3. The van der Waals surface area contributed by atoms with Crippen molar-refractivity contribution in [1.82, 2.24) is 20.4 Å². The molecule has 6 rings (SSSR count). The molecule has 13 heteroatoms. The lowest BCUT2D eigenvalue weighted by molar-refractivity contribution is -0.142. The van der Waals surface area contributed by atoms with Gasteiger partial charge in [0.1, 0.15) is 23.0 Å². The molecule has 0 bridgehead atoms. The van der Waals surface area contributed by atoms with Crippen LogP contribution in [0.4, 0.5) is 8.78 Å². The van der Waals surface area contributed by atoms with E-state index in [1.165, 1.54) is 0 Å². The van der Waals surface area contributed by atoms with Crippen molar-refractivity contribution in [2.24, 2.45) is 0 Å². The maximum atomic E-state index is 13.7. The summed E-state index contributed by atoms with van der Waals surface area (Å²) < 4.78 is 58.0. The minimum absolute atomic E-state index is 0.0684. The number of hydrogen-bond donors (Lipinski definition) is 2. The highest BCUT2D eigenvalue weighted by Gasteiger charge is 2.34. The van der Waals surface area contributed by atoms with E-state index in [0.29, 0.717) is 65.2 Å². The lowest BCUT2D eigenvalue weighted by atomic mass is 10.0. The van der Waals surface area contributed by atoms with E-state index in [4.69, 9.17) is 14.2 Å². The summed E-state index contributed by atoms with van der Waals surface area (Å²) in [4.78, 5) is 25.0. The number of hydrogen-bond acceptors (Lipinski definition) is 7. The number of carbonyl (C=O) groups excluding carboxylic acids is 2. The average molecular weight is 638 g/mol. The highest BCUT2D eigenvalue weighted by molar-refractivity contribution is 7.85. The van der Waals surface area contributed by atoms with E-state index in [-0.39, 0.29) is 24.4 Å². The lowest BCUT2D eigenvalue weighted by Gasteiger charge is -2.25. The molecule has 0 aliphatic carbocycles. The van der Waals surface area contributed by atoms with Crippen molar-refractivity contribution in [2.75, 3.05) is 18.3 Å². The van der Waals surface area contributed by atoms with Gasteiger partial charge in [0.25, 0.3) is 11.8 Å². The van der Waals surface area contributed by atoms with Gasteiger partial charge in [-0.15, -0.1) is 4.21 Å². The van der Waals surface area contributed by atoms with Gasteiger partial charge in [0.2, 0.25) is 0 Å². The van der Waals surface area contributed by atoms with E-state index in [0.717, 1.165) is 11.1 Å². The van der Waals surface area contributed by atoms with Gasteiger partial charge in [-0.1, -0.05) is 24.8 Å². The summed E-state index contributed by atoms with van der Waals surface area (Å²) in [5.41, 5.74) is 3.10. The molecular formula is C32H31F2N4O6S+. The Morgan fingerprint density at radius 1 is 1.18 bits per heavy atom. The zero-order valence-corrected chi connectivity index (χ0v) is 25.2. The number of benzene rings is 3. The number of fused-ring (bicyclic) bond motifs is 2. The molecule has 3 heterocycles. The second-order valence-electron chi connectivity index (χ2n) is 11.0. The number of amides is 2. The molecule has 0 radical (unpaired) electrons. The smallest absolute Gasteiger partial charge is 0.322 e. The predicted octanol–water partition coefficient (Wildman–Crippen LogP) is 4.50. The molecular weight excluding hydrogens is 606 g/mol. The van der Waals surface area contributed by atoms with Crippen molar-refractivity contribution in [3.8, 4) is 17.2 Å². The Morgan fingerprint density at radius 3 is 2.80 bits per heavy atom. The molecule has 2 amide bonds. The summed E-state index contributed by atoms with van der Waals surface area (Å²) in [6, 6.07) is 17.4. The number of alkyl halides is 2. The summed E-state index contributed by atoms with van der Waals surface area (Å²) in [5, 5.41) is 10.4. The van der Waals surface area contributed by atoms with Crippen molar-refractivity contribution in [3.05, 3.63) is 95.8 Å². The maximum absolute atomic E-state index is 13.7. The number of ether oxygens (including phenoxy) is 3. The Labute approximate surface area is 259 Å². The molecule has 2 N–H and O–H groups in total. The van der Waals surface area contributed by atoms with Crippen LogP contribution in [0.5, 0.6) is 11.5 Å². The van der Waals surface area contributed by atoms with Crippen LogP contribution in [0.3, 0.4) is 0 Å². The molecule has 3 aromatic carbocycles. The predicted molar refractivity (Wildman–Crippen MR) is 164 cm³/mol. The van der Waals surface area contributed by atoms with Gasteiger partial charge >= 0.3 is 5.92 Å². The van der Waals surface area contributed by atoms with Gasteiger partial charge in [-0.2, -0.15) is 13.9 Å². The average Bonchev–Trinajstić information content (AvgIpc) is 3.64. The molecule has 2 aliphatic rings. The van der Waals surface area contributed by atoms with E-state index in [2.05, 4.69) is 22.3 Å². The first kappa shape index (κ1) is 30.4. The number of thiol groups is 1. The molecule has 0 saturated carbocycles. The van der Waals surface area contributed by atoms with Crippen LogP contribution < -0.4 is 20.1 Å². The molecule has 1 saturated heterocycles. The largest absolute Gasteiger partial charge is 0.479 e. The second kappa shape index (κ2) is 12.4. The standard InChI is InChI=1S/C32H30F2N4O6S/c1-19(36-31(40)32(2,33)34)29(20-6-7-22-16-42-18-43-28(22)14-20)44-26-8-9-27-23(13-26)15-35-38(27)25-5-3-4-21(12-25)30(39)37-24-10-11-45(41)17-24/h3-9,12-15,24,29H,1,10-11,16-18H2,2H3,(H,36,40)(H,37,39)/p+1/t24-,29-,45?/m0/s1. The van der Waals surface area contributed by atoms with Gasteiger partial charge in [-0.05, 0) is 42.5 Å². The third kappa shape index (κ3) is 6.74. The van der Waals surface area contributed by atoms with Crippen LogP contribution in [-0.4, -0.2) is 51.9 Å². The number of rotatable bonds is 9. The fraction of sp³-hybridized carbons (Fsp3) is 0.281. The Balaban J connectivity index is 1.26. The van der Waals surface area contributed by atoms with Crippen LogP contribution in [0.1, 0.15) is 40.9 Å². The first-order valence-corrected chi connectivity index (χ1v) is 15.9. The molecule has 234 valence electrons. The van der Waals surface area contributed by atoms with Crippen LogP contribution in [0.25, 0.3) is 16.6 Å². The molecule has 2 aliphatic heterocycles. The first-order chi connectivity index (χ1) is 21.5. The Bertz CT molecular complexity index is 1820. The molecule has 45 heavy (non-hydrogen) atoms. The zero-order chi connectivity index (χ0) is 31.7. The molecule has 1 fully saturated rings. The van der Waals surface area contributed by atoms with Crippen LogP contribution in [-0.2, 0) is 31.1 Å². The fourth-order valence-corrected chi connectivity index (χ4v) is 6.77. The topological polar surface area (TPSA) is 121 Å². The number of carbonyl (C=O) groups is 2. The highest BCUT2D eigenvalue weighted by atomic mass is 32.2. The summed E-state index contributed by atoms with van der Waals surface area (Å²) in [5.74, 6) is -3.31. The van der Waals surface area contributed by atoms with Gasteiger partial charge in [0, 0.05) is 35.4 Å². The molecule has 3 atom stereocenters. The third-order valence-electron chi connectivity index (χ3n) is 7.57. The van der Waals surface area contributed by atoms with Crippen molar-refractivity contribution >= 4 is 33.5 Å². The molecule has 4 aromatic rings. The molecule has 0 spiro atoms. The monoisotopic (exact) mass is 637 g/mol. The Hall–Kier alpha value is -4.62. The number of nitrogens with one attached hydrogen (secondary N) is 2. The Kier molecular flexibility index (Phi) is 8.38. The van der Waals surface area contributed by atoms with Crippen LogP contribution >= 0.6 is 0 Å². The van der Waals surface area contributed by atoms with Crippen LogP contribution in [0.2, 0.25) is 0 Å². The van der Waals surface area contributed by atoms with Crippen molar-refractivity contribution < 1.29 is 36.8 Å². The van der Waals surface area contributed by atoms with E-state index in [1.807, 2.05) is 6.07 Å². The van der Waals surface area contributed by atoms with E-state index in [9.17, 15) is 22.6 Å². The van der Waals surface area contributed by atoms with Crippen molar-refractivity contribution in [3.63, 3.8) is 0 Å². The lowest BCUT2D eigenvalue weighted by Crippen LogP contribution is -2.39. The summed E-state index contributed by atoms with van der Waals surface area (Å²) in [6.45, 7) is 4.77. The molecule has 1 unspecified atom stereocenters. The number of nitrogens with zero attached hydrogens (tertiary/aromatic N) is 2. The summed E-state index contributed by atoms with van der Waals surface area (Å²) >= 11 is 0. The summed E-state index contributed by atoms with van der Waals surface area (Å²) in [7, 11) is -1.25. The molecule has 1 aromatic heterocycles. The van der Waals surface area contributed by atoms with Gasteiger partial charge in [-0.25, -0.2) is 4.68 Å². The fourth-order valence-electron chi connectivity index (χ4n) is 5.23.